The van der Waals surface area contributed by atoms with Gasteiger partial charge in [-0.15, -0.1) is 0 Å². The number of likely N-dealkylation sites (tertiary alicyclic amines) is 1. The third-order valence-corrected chi connectivity index (χ3v) is 4.99. The molecule has 22 heavy (non-hydrogen) atoms. The van der Waals surface area contributed by atoms with Crippen LogP contribution in [0.3, 0.4) is 0 Å². The van der Waals surface area contributed by atoms with E-state index in [0.717, 1.165) is 19.3 Å². The number of urea groups is 1. The largest absolute Gasteiger partial charge is 0.368 e. The summed E-state index contributed by atoms with van der Waals surface area (Å²) in [7, 11) is 0. The molecular formula is C15H22N2O3S2. The average molecular weight is 342 g/mol. The maximum atomic E-state index is 12.4. The van der Waals surface area contributed by atoms with E-state index in [2.05, 4.69) is 23.7 Å². The van der Waals surface area contributed by atoms with Crippen LogP contribution < -0.4 is 5.32 Å². The van der Waals surface area contributed by atoms with Crippen LogP contribution in [0, 0.1) is 0 Å². The molecule has 2 aliphatic heterocycles. The van der Waals surface area contributed by atoms with Crippen LogP contribution in [0.4, 0.5) is 4.79 Å². The predicted molar refractivity (Wildman–Crippen MR) is 90.9 cm³/mol. The Morgan fingerprint density at radius 1 is 1.59 bits per heavy atom. The highest BCUT2D eigenvalue weighted by Gasteiger charge is 2.46. The zero-order valence-corrected chi connectivity index (χ0v) is 14.4. The molecule has 1 aromatic heterocycles. The number of nitrogens with one attached hydrogen (secondary N) is 1. The van der Waals surface area contributed by atoms with Gasteiger partial charge in [0, 0.05) is 12.6 Å². The second-order valence-electron chi connectivity index (χ2n) is 5.63. The number of carbonyl (C=O) groups is 2. The van der Waals surface area contributed by atoms with Gasteiger partial charge >= 0.3 is 6.03 Å². The van der Waals surface area contributed by atoms with Crippen LogP contribution in [0.1, 0.15) is 25.3 Å². The number of ketones is 1. The Kier molecular flexibility index (Phi) is 5.88. The van der Waals surface area contributed by atoms with Crippen molar-refractivity contribution in [3.8, 4) is 0 Å². The molecule has 0 bridgehead atoms. The minimum Gasteiger partial charge on any atom is -0.368 e. The molecule has 0 saturated carbocycles. The van der Waals surface area contributed by atoms with Crippen LogP contribution in [-0.2, 0) is 16.0 Å². The highest BCUT2D eigenvalue weighted by Crippen LogP contribution is 2.27. The molecule has 0 aromatic carbocycles. The lowest BCUT2D eigenvalue weighted by molar-refractivity contribution is -0.120. The summed E-state index contributed by atoms with van der Waals surface area (Å²) in [5.74, 6) is 0.0264. The summed E-state index contributed by atoms with van der Waals surface area (Å²) in [5.41, 5.74) is 1.24. The summed E-state index contributed by atoms with van der Waals surface area (Å²) in [6, 6.07) is 1.68. The van der Waals surface area contributed by atoms with Gasteiger partial charge in [0.1, 0.15) is 12.6 Å². The van der Waals surface area contributed by atoms with E-state index in [4.69, 9.17) is 4.74 Å². The van der Waals surface area contributed by atoms with Crippen molar-refractivity contribution in [2.75, 3.05) is 13.2 Å². The Bertz CT molecular complexity index is 521. The summed E-state index contributed by atoms with van der Waals surface area (Å²) in [6.45, 7) is 2.81. The lowest BCUT2D eigenvalue weighted by Crippen LogP contribution is -2.50. The van der Waals surface area contributed by atoms with Crippen molar-refractivity contribution in [2.24, 2.45) is 0 Å². The van der Waals surface area contributed by atoms with Crippen molar-refractivity contribution in [2.45, 2.75) is 44.4 Å². The molecule has 3 atom stereocenters. The van der Waals surface area contributed by atoms with Crippen LogP contribution in [0.5, 0.6) is 0 Å². The second kappa shape index (κ2) is 7.48. The molecule has 2 amide bonds. The highest BCUT2D eigenvalue weighted by molar-refractivity contribution is 7.59. The molecule has 7 heteroatoms. The first kappa shape index (κ1) is 17.3. The lowest BCUT2D eigenvalue weighted by atomic mass is 10.1. The minimum atomic E-state index is -0.372. The fourth-order valence-electron chi connectivity index (χ4n) is 3.07. The third kappa shape index (κ3) is 3.47. The Morgan fingerprint density at radius 3 is 3.09 bits per heavy atom. The SMILES string of the molecule is CCC(Cc1ccsc1)NC(=O)N1CC[C@H]2OCC(=O)[C@H]21.S. The number of Topliss-reactive ketones (excluding diaryl/α,β-unsaturated/α-hetero) is 1. The Balaban J connectivity index is 0.00000176. The van der Waals surface area contributed by atoms with Gasteiger partial charge in [-0.3, -0.25) is 4.79 Å². The van der Waals surface area contributed by atoms with E-state index in [1.807, 2.05) is 5.38 Å². The van der Waals surface area contributed by atoms with Gasteiger partial charge in [-0.1, -0.05) is 6.92 Å². The van der Waals surface area contributed by atoms with E-state index in [1.54, 1.807) is 16.2 Å². The Morgan fingerprint density at radius 2 is 2.41 bits per heavy atom. The van der Waals surface area contributed by atoms with Crippen molar-refractivity contribution in [3.05, 3.63) is 22.4 Å². The van der Waals surface area contributed by atoms with Crippen LogP contribution in [0.25, 0.3) is 0 Å². The summed E-state index contributed by atoms with van der Waals surface area (Å²) in [6.07, 6.45) is 2.36. The molecular weight excluding hydrogens is 320 g/mol. The zero-order chi connectivity index (χ0) is 14.8. The molecule has 1 N–H and O–H groups in total. The first-order valence-electron chi connectivity index (χ1n) is 7.41. The normalized spacial score (nSPS) is 24.8. The molecule has 3 rings (SSSR count). The number of thiophene rings is 1. The number of rotatable bonds is 4. The third-order valence-electron chi connectivity index (χ3n) is 4.26. The van der Waals surface area contributed by atoms with Crippen molar-refractivity contribution in [1.82, 2.24) is 10.2 Å². The van der Waals surface area contributed by atoms with Crippen molar-refractivity contribution in [1.29, 1.82) is 0 Å². The Hall–Kier alpha value is -1.05. The first-order valence-corrected chi connectivity index (χ1v) is 8.36. The number of ether oxygens (including phenoxy) is 1. The zero-order valence-electron chi connectivity index (χ0n) is 12.6. The maximum absolute atomic E-state index is 12.4. The van der Waals surface area contributed by atoms with E-state index in [1.165, 1.54) is 5.56 Å². The molecule has 122 valence electrons. The van der Waals surface area contributed by atoms with Gasteiger partial charge in [0.25, 0.3) is 0 Å². The van der Waals surface area contributed by atoms with Gasteiger partial charge < -0.3 is 15.0 Å². The van der Waals surface area contributed by atoms with Gasteiger partial charge in [-0.05, 0) is 41.7 Å². The molecule has 3 heterocycles. The predicted octanol–water partition coefficient (Wildman–Crippen LogP) is 1.93. The van der Waals surface area contributed by atoms with Crippen molar-refractivity contribution < 1.29 is 14.3 Å². The maximum Gasteiger partial charge on any atom is 0.318 e. The molecule has 2 saturated heterocycles. The molecule has 2 aliphatic rings. The fraction of sp³-hybridized carbons (Fsp3) is 0.600. The molecule has 2 fully saturated rings. The summed E-state index contributed by atoms with van der Waals surface area (Å²) < 4.78 is 5.42. The van der Waals surface area contributed by atoms with Crippen LogP contribution in [-0.4, -0.2) is 48.1 Å². The van der Waals surface area contributed by atoms with Crippen LogP contribution >= 0.6 is 24.8 Å². The smallest absolute Gasteiger partial charge is 0.318 e. The quantitative estimate of drug-likeness (QED) is 0.910. The number of fused-ring (bicyclic) bond motifs is 1. The van der Waals surface area contributed by atoms with Gasteiger partial charge in [-0.2, -0.15) is 24.8 Å². The molecule has 1 aromatic rings. The minimum absolute atomic E-state index is 0. The molecule has 0 aliphatic carbocycles. The monoisotopic (exact) mass is 342 g/mol. The standard InChI is InChI=1S/C15H20N2O3S.H2S/c1-2-11(7-10-4-6-21-9-10)16-15(19)17-5-3-13-14(17)12(18)8-20-13;/h4,6,9,11,13-14H,2-3,5,7-8H2,1H3,(H,16,19);1H2/t11?,13-,14-;/m1./s1. The van der Waals surface area contributed by atoms with Gasteiger partial charge in [0.15, 0.2) is 5.78 Å². The van der Waals surface area contributed by atoms with Gasteiger partial charge in [0.2, 0.25) is 0 Å². The fourth-order valence-corrected chi connectivity index (χ4v) is 3.75. The van der Waals surface area contributed by atoms with Gasteiger partial charge in [0.05, 0.1) is 6.10 Å². The van der Waals surface area contributed by atoms with E-state index >= 15 is 0 Å². The number of hydrogen-bond donors (Lipinski definition) is 1. The number of amides is 2. The van der Waals surface area contributed by atoms with Crippen LogP contribution in [0.15, 0.2) is 16.8 Å². The van der Waals surface area contributed by atoms with Crippen molar-refractivity contribution >= 4 is 36.6 Å². The topological polar surface area (TPSA) is 58.6 Å². The number of carbonyl (C=O) groups excluding carboxylic acids is 2. The van der Waals surface area contributed by atoms with Gasteiger partial charge in [-0.25, -0.2) is 4.79 Å². The molecule has 5 nitrogen and oxygen atoms in total. The summed E-state index contributed by atoms with van der Waals surface area (Å²) in [4.78, 5) is 25.9. The number of hydrogen-bond acceptors (Lipinski definition) is 4. The molecule has 0 radical (unpaired) electrons. The Labute approximate surface area is 141 Å². The summed E-state index contributed by atoms with van der Waals surface area (Å²) in [5, 5.41) is 7.22. The summed E-state index contributed by atoms with van der Waals surface area (Å²) >= 11 is 1.66. The van der Waals surface area contributed by atoms with Crippen molar-refractivity contribution in [3.63, 3.8) is 0 Å². The van der Waals surface area contributed by atoms with E-state index in [-0.39, 0.29) is 50.1 Å². The molecule has 0 spiro atoms. The average Bonchev–Trinajstić information content (AvgIpc) is 3.17. The second-order valence-corrected chi connectivity index (χ2v) is 6.41. The van der Waals surface area contributed by atoms with E-state index in [9.17, 15) is 9.59 Å². The van der Waals surface area contributed by atoms with E-state index < -0.39 is 0 Å². The van der Waals surface area contributed by atoms with Crippen LogP contribution in [0.2, 0.25) is 0 Å². The lowest BCUT2D eigenvalue weighted by Gasteiger charge is -2.25. The first-order chi connectivity index (χ1) is 10.2. The molecule has 1 unspecified atom stereocenters. The van der Waals surface area contributed by atoms with E-state index in [0.29, 0.717) is 6.54 Å². The number of nitrogens with zero attached hydrogens (tertiary/aromatic N) is 1. The highest BCUT2D eigenvalue weighted by atomic mass is 32.1.